The lowest BCUT2D eigenvalue weighted by Crippen LogP contribution is -2.21. The minimum absolute atomic E-state index is 0.0931. The number of nitrogens with one attached hydrogen (secondary N) is 2. The van der Waals surface area contributed by atoms with Gasteiger partial charge in [0.1, 0.15) is 6.61 Å². The lowest BCUT2D eigenvalue weighted by atomic mass is 10.1. The van der Waals surface area contributed by atoms with Gasteiger partial charge in [0.15, 0.2) is 0 Å². The first-order valence-electron chi connectivity index (χ1n) is 7.16. The number of fused-ring (bicyclic) bond motifs is 1. The molecule has 24 heavy (non-hydrogen) atoms. The molecule has 2 amide bonds. The Kier molecular flexibility index (Phi) is 3.91. The molecular formula is C17H14N2O5. The van der Waals surface area contributed by atoms with Crippen molar-refractivity contribution in [1.29, 1.82) is 0 Å². The number of ether oxygens (including phenoxy) is 1. The molecule has 0 saturated heterocycles. The van der Waals surface area contributed by atoms with Crippen LogP contribution < -0.4 is 10.6 Å². The largest absolute Gasteiger partial charge is 0.478 e. The zero-order valence-corrected chi connectivity index (χ0v) is 12.8. The van der Waals surface area contributed by atoms with Crippen LogP contribution in [-0.2, 0) is 11.3 Å². The predicted molar refractivity (Wildman–Crippen MR) is 86.3 cm³/mol. The van der Waals surface area contributed by atoms with Crippen molar-refractivity contribution in [2.75, 3.05) is 10.6 Å². The Bertz CT molecular complexity index is 860. The van der Waals surface area contributed by atoms with Crippen LogP contribution in [0, 0.1) is 6.92 Å². The maximum Gasteiger partial charge on any atom is 0.411 e. The lowest BCUT2D eigenvalue weighted by Gasteiger charge is -2.18. The van der Waals surface area contributed by atoms with Gasteiger partial charge in [0.05, 0.1) is 11.3 Å². The SMILES string of the molecule is Cc1ccc(C(=O)O)cc1NC(=O)c1ccc2c(c1)COC(=O)N2. The number of carboxylic acid groups (broad SMARTS) is 1. The van der Waals surface area contributed by atoms with Gasteiger partial charge in [-0.15, -0.1) is 0 Å². The van der Waals surface area contributed by atoms with Crippen LogP contribution in [0.3, 0.4) is 0 Å². The van der Waals surface area contributed by atoms with Gasteiger partial charge in [-0.05, 0) is 42.8 Å². The predicted octanol–water partition coefficient (Wildman–Crippen LogP) is 3.01. The molecule has 0 radical (unpaired) electrons. The van der Waals surface area contributed by atoms with Gasteiger partial charge in [-0.1, -0.05) is 6.07 Å². The molecule has 0 aliphatic carbocycles. The number of aromatic carboxylic acids is 1. The normalized spacial score (nSPS) is 12.6. The molecule has 1 heterocycles. The van der Waals surface area contributed by atoms with E-state index in [1.807, 2.05) is 0 Å². The molecule has 1 aliphatic rings. The first-order chi connectivity index (χ1) is 11.4. The van der Waals surface area contributed by atoms with Gasteiger partial charge in [0.25, 0.3) is 5.91 Å². The summed E-state index contributed by atoms with van der Waals surface area (Å²) in [6, 6.07) is 9.36. The topological polar surface area (TPSA) is 105 Å². The van der Waals surface area contributed by atoms with E-state index in [0.717, 1.165) is 5.56 Å². The third kappa shape index (κ3) is 3.05. The number of carbonyl (C=O) groups is 3. The van der Waals surface area contributed by atoms with Crippen LogP contribution in [0.2, 0.25) is 0 Å². The number of carboxylic acids is 1. The maximum atomic E-state index is 12.4. The first kappa shape index (κ1) is 15.5. The molecule has 0 bridgehead atoms. The zero-order valence-electron chi connectivity index (χ0n) is 12.8. The molecule has 0 unspecified atom stereocenters. The zero-order chi connectivity index (χ0) is 17.3. The number of hydrogen-bond donors (Lipinski definition) is 3. The number of hydrogen-bond acceptors (Lipinski definition) is 4. The van der Waals surface area contributed by atoms with Gasteiger partial charge in [-0.3, -0.25) is 10.1 Å². The van der Waals surface area contributed by atoms with Crippen molar-refractivity contribution >= 4 is 29.3 Å². The Morgan fingerprint density at radius 1 is 1.17 bits per heavy atom. The molecule has 3 rings (SSSR count). The highest BCUT2D eigenvalue weighted by atomic mass is 16.5. The number of carbonyl (C=O) groups excluding carboxylic acids is 2. The van der Waals surface area contributed by atoms with E-state index in [1.54, 1.807) is 31.2 Å². The second-order valence-corrected chi connectivity index (χ2v) is 5.36. The van der Waals surface area contributed by atoms with E-state index >= 15 is 0 Å². The van der Waals surface area contributed by atoms with Gasteiger partial charge in [-0.2, -0.15) is 0 Å². The summed E-state index contributed by atoms with van der Waals surface area (Å²) in [6.45, 7) is 1.87. The smallest absolute Gasteiger partial charge is 0.411 e. The number of rotatable bonds is 3. The molecule has 0 aromatic heterocycles. The first-order valence-corrected chi connectivity index (χ1v) is 7.16. The summed E-state index contributed by atoms with van der Waals surface area (Å²) in [5.74, 6) is -1.44. The van der Waals surface area contributed by atoms with E-state index in [0.29, 0.717) is 22.5 Å². The molecule has 2 aromatic rings. The van der Waals surface area contributed by atoms with Gasteiger partial charge in [-0.25, -0.2) is 9.59 Å². The fourth-order valence-electron chi connectivity index (χ4n) is 2.35. The van der Waals surface area contributed by atoms with Crippen molar-refractivity contribution in [2.24, 2.45) is 0 Å². The molecule has 2 aromatic carbocycles. The molecule has 0 fully saturated rings. The van der Waals surface area contributed by atoms with Crippen LogP contribution in [-0.4, -0.2) is 23.1 Å². The summed E-state index contributed by atoms with van der Waals surface area (Å²) in [7, 11) is 0. The van der Waals surface area contributed by atoms with E-state index in [2.05, 4.69) is 10.6 Å². The Balaban J connectivity index is 1.84. The van der Waals surface area contributed by atoms with Crippen LogP contribution in [0.15, 0.2) is 36.4 Å². The number of aryl methyl sites for hydroxylation is 1. The minimum Gasteiger partial charge on any atom is -0.478 e. The molecule has 7 heteroatoms. The molecule has 1 aliphatic heterocycles. The average molecular weight is 326 g/mol. The Hall–Kier alpha value is -3.35. The number of cyclic esters (lactones) is 1. The highest BCUT2D eigenvalue weighted by Crippen LogP contribution is 2.24. The summed E-state index contributed by atoms with van der Waals surface area (Å²) in [5, 5.41) is 14.3. The minimum atomic E-state index is -1.06. The van der Waals surface area contributed by atoms with Crippen molar-refractivity contribution in [3.05, 3.63) is 58.7 Å². The van der Waals surface area contributed by atoms with E-state index in [9.17, 15) is 14.4 Å². The molecule has 0 atom stereocenters. The summed E-state index contributed by atoms with van der Waals surface area (Å²) in [6.07, 6.45) is -0.527. The van der Waals surface area contributed by atoms with E-state index in [4.69, 9.17) is 9.84 Å². The van der Waals surface area contributed by atoms with Crippen LogP contribution >= 0.6 is 0 Å². The molecule has 122 valence electrons. The highest BCUT2D eigenvalue weighted by molar-refractivity contribution is 6.06. The lowest BCUT2D eigenvalue weighted by molar-refractivity contribution is 0.0696. The van der Waals surface area contributed by atoms with Gasteiger partial charge >= 0.3 is 12.1 Å². The second-order valence-electron chi connectivity index (χ2n) is 5.36. The van der Waals surface area contributed by atoms with Gasteiger partial charge < -0.3 is 15.2 Å². The summed E-state index contributed by atoms with van der Waals surface area (Å²) < 4.78 is 4.87. The Morgan fingerprint density at radius 2 is 1.92 bits per heavy atom. The van der Waals surface area contributed by atoms with Crippen LogP contribution in [0.5, 0.6) is 0 Å². The molecule has 0 spiro atoms. The molecule has 3 N–H and O–H groups in total. The standard InChI is InChI=1S/C17H14N2O5/c1-9-2-3-11(16(21)22)7-14(9)18-15(20)10-4-5-13-12(6-10)8-24-17(23)19-13/h2-7H,8H2,1H3,(H,18,20)(H,19,23)(H,21,22). The monoisotopic (exact) mass is 326 g/mol. The van der Waals surface area contributed by atoms with Crippen molar-refractivity contribution < 1.29 is 24.2 Å². The average Bonchev–Trinajstić information content (AvgIpc) is 2.56. The van der Waals surface area contributed by atoms with Crippen molar-refractivity contribution in [1.82, 2.24) is 0 Å². The molecular weight excluding hydrogens is 312 g/mol. The van der Waals surface area contributed by atoms with Gasteiger partial charge in [0.2, 0.25) is 0 Å². The second kappa shape index (κ2) is 6.04. The number of benzene rings is 2. The maximum absolute atomic E-state index is 12.4. The van der Waals surface area contributed by atoms with E-state index in [-0.39, 0.29) is 18.1 Å². The van der Waals surface area contributed by atoms with Crippen LogP contribution in [0.1, 0.15) is 31.8 Å². The van der Waals surface area contributed by atoms with Crippen molar-refractivity contribution in [3.63, 3.8) is 0 Å². The van der Waals surface area contributed by atoms with E-state index < -0.39 is 12.1 Å². The number of anilines is 2. The van der Waals surface area contributed by atoms with Crippen molar-refractivity contribution in [3.8, 4) is 0 Å². The molecule has 7 nitrogen and oxygen atoms in total. The third-order valence-corrected chi connectivity index (χ3v) is 3.70. The Labute approximate surface area is 137 Å². The highest BCUT2D eigenvalue weighted by Gasteiger charge is 2.18. The summed E-state index contributed by atoms with van der Waals surface area (Å²) in [5.41, 5.74) is 2.96. The third-order valence-electron chi connectivity index (χ3n) is 3.70. The van der Waals surface area contributed by atoms with Gasteiger partial charge in [0, 0.05) is 16.8 Å². The van der Waals surface area contributed by atoms with Crippen LogP contribution in [0.4, 0.5) is 16.2 Å². The summed E-state index contributed by atoms with van der Waals surface area (Å²) >= 11 is 0. The number of amides is 2. The van der Waals surface area contributed by atoms with Crippen LogP contribution in [0.25, 0.3) is 0 Å². The Morgan fingerprint density at radius 3 is 2.67 bits per heavy atom. The fourth-order valence-corrected chi connectivity index (χ4v) is 2.35. The quantitative estimate of drug-likeness (QED) is 0.804. The molecule has 0 saturated carbocycles. The van der Waals surface area contributed by atoms with E-state index in [1.165, 1.54) is 12.1 Å². The summed E-state index contributed by atoms with van der Waals surface area (Å²) in [4.78, 5) is 34.6. The fraction of sp³-hybridized carbons (Fsp3) is 0.118. The van der Waals surface area contributed by atoms with Crippen molar-refractivity contribution in [2.45, 2.75) is 13.5 Å².